The van der Waals surface area contributed by atoms with Gasteiger partial charge in [0.15, 0.2) is 5.13 Å². The molecule has 0 aliphatic carbocycles. The number of carbonyl (C=O) groups is 2. The summed E-state index contributed by atoms with van der Waals surface area (Å²) in [6, 6.07) is 6.25. The third kappa shape index (κ3) is 4.04. The number of piperazine rings is 1. The van der Waals surface area contributed by atoms with Crippen molar-refractivity contribution >= 4 is 33.5 Å². The molecule has 0 bridgehead atoms. The largest absolute Gasteiger partial charge is 0.465 e. The number of likely N-dealkylation sites (N-methyl/N-ethyl adjacent to an activating group) is 1. The molecule has 1 aromatic heterocycles. The van der Waals surface area contributed by atoms with Crippen molar-refractivity contribution < 1.29 is 19.6 Å². The fourth-order valence-electron chi connectivity index (χ4n) is 2.98. The summed E-state index contributed by atoms with van der Waals surface area (Å²) in [7, 11) is 1.89. The number of benzene rings is 1. The van der Waals surface area contributed by atoms with Crippen molar-refractivity contribution in [2.45, 2.75) is 6.04 Å². The Balaban J connectivity index is 1.89. The molecule has 2 heterocycles. The second-order valence-electron chi connectivity index (χ2n) is 6.06. The molecule has 1 aromatic carbocycles. The molecule has 2 amide bonds. The Morgan fingerprint density at radius 3 is 2.78 bits per heavy atom. The van der Waals surface area contributed by atoms with E-state index in [1.54, 1.807) is 24.3 Å². The summed E-state index contributed by atoms with van der Waals surface area (Å²) in [5, 5.41) is 22.8. The first-order valence-corrected chi connectivity index (χ1v) is 8.87. The van der Waals surface area contributed by atoms with Gasteiger partial charge in [0.05, 0.1) is 11.0 Å². The second kappa shape index (κ2) is 7.68. The number of nitro groups is 1. The van der Waals surface area contributed by atoms with Gasteiger partial charge in [-0.3, -0.25) is 25.1 Å². The normalized spacial score (nSPS) is 17.5. The average molecular weight is 391 g/mol. The third-order valence-electron chi connectivity index (χ3n) is 4.29. The van der Waals surface area contributed by atoms with Crippen LogP contribution in [0.4, 0.5) is 14.9 Å². The summed E-state index contributed by atoms with van der Waals surface area (Å²) >= 11 is 0.756. The molecule has 1 saturated heterocycles. The minimum absolute atomic E-state index is 0.109. The lowest BCUT2D eigenvalue weighted by Crippen LogP contribution is -2.49. The molecule has 1 unspecified atom stereocenters. The van der Waals surface area contributed by atoms with E-state index in [1.165, 1.54) is 4.90 Å². The van der Waals surface area contributed by atoms with Crippen LogP contribution in [-0.4, -0.2) is 63.5 Å². The first-order chi connectivity index (χ1) is 12.9. The van der Waals surface area contributed by atoms with Crippen molar-refractivity contribution in [3.63, 3.8) is 0 Å². The van der Waals surface area contributed by atoms with Crippen LogP contribution in [0.15, 0.2) is 30.5 Å². The molecule has 0 spiro atoms. The molecular weight excluding hydrogens is 374 g/mol. The summed E-state index contributed by atoms with van der Waals surface area (Å²) in [6.07, 6.45) is 0.0351. The maximum atomic E-state index is 12.7. The number of thiazole rings is 1. The molecule has 1 aliphatic heterocycles. The number of hydrogen-bond acceptors (Lipinski definition) is 7. The van der Waals surface area contributed by atoms with Crippen molar-refractivity contribution in [3.05, 3.63) is 51.7 Å². The zero-order valence-corrected chi connectivity index (χ0v) is 15.2. The smallest absolute Gasteiger partial charge is 0.407 e. The van der Waals surface area contributed by atoms with E-state index in [0.29, 0.717) is 30.8 Å². The van der Waals surface area contributed by atoms with Crippen LogP contribution in [0.25, 0.3) is 0 Å². The van der Waals surface area contributed by atoms with E-state index in [4.69, 9.17) is 0 Å². The Morgan fingerprint density at radius 2 is 2.11 bits per heavy atom. The number of rotatable bonds is 4. The predicted octanol–water partition coefficient (Wildman–Crippen LogP) is 2.27. The van der Waals surface area contributed by atoms with E-state index in [0.717, 1.165) is 17.5 Å². The number of nitrogens with one attached hydrogen (secondary N) is 1. The summed E-state index contributed by atoms with van der Waals surface area (Å²) < 4.78 is 0. The Labute approximate surface area is 158 Å². The SMILES string of the molecule is CN1CCN(C(=O)O)C(c2ccccc2C(=O)Nc2ncc([N+](=O)[O-])s2)C1. The molecule has 2 aromatic rings. The highest BCUT2D eigenvalue weighted by atomic mass is 32.1. The maximum Gasteiger partial charge on any atom is 0.407 e. The molecular formula is C16H17N5O5S. The molecule has 142 valence electrons. The van der Waals surface area contributed by atoms with Crippen LogP contribution in [0.1, 0.15) is 22.0 Å². The van der Waals surface area contributed by atoms with Gasteiger partial charge in [0.2, 0.25) is 0 Å². The van der Waals surface area contributed by atoms with Gasteiger partial charge in [-0.15, -0.1) is 0 Å². The topological polar surface area (TPSA) is 129 Å². The molecule has 3 rings (SSSR count). The van der Waals surface area contributed by atoms with Gasteiger partial charge in [0.1, 0.15) is 6.20 Å². The van der Waals surface area contributed by atoms with Gasteiger partial charge in [-0.2, -0.15) is 0 Å². The van der Waals surface area contributed by atoms with Crippen molar-refractivity contribution in [2.75, 3.05) is 32.0 Å². The lowest BCUT2D eigenvalue weighted by molar-refractivity contribution is -0.380. The van der Waals surface area contributed by atoms with Crippen LogP contribution in [0.2, 0.25) is 0 Å². The first kappa shape index (κ1) is 18.7. The van der Waals surface area contributed by atoms with Gasteiger partial charge >= 0.3 is 11.1 Å². The first-order valence-electron chi connectivity index (χ1n) is 8.05. The van der Waals surface area contributed by atoms with E-state index in [9.17, 15) is 24.8 Å². The highest BCUT2D eigenvalue weighted by Crippen LogP contribution is 2.29. The van der Waals surface area contributed by atoms with E-state index in [1.807, 2.05) is 11.9 Å². The predicted molar refractivity (Wildman–Crippen MR) is 98.1 cm³/mol. The lowest BCUT2D eigenvalue weighted by Gasteiger charge is -2.39. The molecule has 0 saturated carbocycles. The zero-order valence-electron chi connectivity index (χ0n) is 14.4. The third-order valence-corrected chi connectivity index (χ3v) is 5.15. The number of aromatic nitrogens is 1. The summed E-state index contributed by atoms with van der Waals surface area (Å²) in [5.74, 6) is -0.492. The Hall–Kier alpha value is -3.05. The minimum atomic E-state index is -1.04. The van der Waals surface area contributed by atoms with E-state index in [-0.39, 0.29) is 10.1 Å². The van der Waals surface area contributed by atoms with Crippen LogP contribution >= 0.6 is 11.3 Å². The number of hydrogen-bond donors (Lipinski definition) is 2. The van der Waals surface area contributed by atoms with Gasteiger partial charge in [-0.05, 0) is 30.0 Å². The summed E-state index contributed by atoms with van der Waals surface area (Å²) in [6.45, 7) is 1.41. The highest BCUT2D eigenvalue weighted by molar-refractivity contribution is 7.18. The van der Waals surface area contributed by atoms with Crippen LogP contribution in [0.5, 0.6) is 0 Å². The number of carbonyl (C=O) groups excluding carboxylic acids is 1. The Bertz CT molecular complexity index is 886. The molecule has 1 atom stereocenters. The van der Waals surface area contributed by atoms with E-state index in [2.05, 4.69) is 10.3 Å². The zero-order chi connectivity index (χ0) is 19.6. The standard InChI is InChI=1S/C16H17N5O5S/c1-19-6-7-20(16(23)24)12(9-19)10-4-2-3-5-11(10)14(22)18-15-17-8-13(27-15)21(25)26/h2-5,8,12H,6-7,9H2,1H3,(H,23,24)(H,17,18,22). The van der Waals surface area contributed by atoms with Crippen LogP contribution in [0.3, 0.4) is 0 Å². The van der Waals surface area contributed by atoms with Crippen molar-refractivity contribution in [3.8, 4) is 0 Å². The molecule has 11 heteroatoms. The van der Waals surface area contributed by atoms with Crippen molar-refractivity contribution in [2.24, 2.45) is 0 Å². The second-order valence-corrected chi connectivity index (χ2v) is 7.07. The maximum absolute atomic E-state index is 12.7. The van der Waals surface area contributed by atoms with Gasteiger partial charge < -0.3 is 10.0 Å². The fourth-order valence-corrected chi connectivity index (χ4v) is 3.61. The molecule has 27 heavy (non-hydrogen) atoms. The van der Waals surface area contributed by atoms with E-state index < -0.39 is 23.0 Å². The molecule has 2 N–H and O–H groups in total. The Morgan fingerprint density at radius 1 is 1.37 bits per heavy atom. The summed E-state index contributed by atoms with van der Waals surface area (Å²) in [5.41, 5.74) is 0.886. The van der Waals surface area contributed by atoms with Crippen LogP contribution in [0, 0.1) is 10.1 Å². The fraction of sp³-hybridized carbons (Fsp3) is 0.312. The van der Waals surface area contributed by atoms with Crippen LogP contribution < -0.4 is 5.32 Å². The number of anilines is 1. The van der Waals surface area contributed by atoms with Crippen molar-refractivity contribution in [1.29, 1.82) is 0 Å². The quantitative estimate of drug-likeness (QED) is 0.604. The summed E-state index contributed by atoms with van der Waals surface area (Å²) in [4.78, 5) is 41.7. The van der Waals surface area contributed by atoms with E-state index >= 15 is 0 Å². The van der Waals surface area contributed by atoms with Gasteiger partial charge in [0.25, 0.3) is 5.91 Å². The number of nitrogens with zero attached hydrogens (tertiary/aromatic N) is 4. The van der Waals surface area contributed by atoms with Gasteiger partial charge in [0, 0.05) is 25.2 Å². The molecule has 1 aliphatic rings. The van der Waals surface area contributed by atoms with Crippen molar-refractivity contribution in [1.82, 2.24) is 14.8 Å². The van der Waals surface area contributed by atoms with Gasteiger partial charge in [-0.1, -0.05) is 18.2 Å². The monoisotopic (exact) mass is 391 g/mol. The lowest BCUT2D eigenvalue weighted by atomic mass is 9.96. The minimum Gasteiger partial charge on any atom is -0.465 e. The molecule has 1 fully saturated rings. The average Bonchev–Trinajstić information content (AvgIpc) is 3.10. The molecule has 0 radical (unpaired) electrons. The molecule has 10 nitrogen and oxygen atoms in total. The highest BCUT2D eigenvalue weighted by Gasteiger charge is 2.32. The van der Waals surface area contributed by atoms with Gasteiger partial charge in [-0.25, -0.2) is 9.78 Å². The van der Waals surface area contributed by atoms with Crippen LogP contribution in [-0.2, 0) is 0 Å². The Kier molecular flexibility index (Phi) is 5.33. The number of carboxylic acid groups (broad SMARTS) is 1. The number of amides is 2.